The van der Waals surface area contributed by atoms with E-state index in [0.717, 1.165) is 16.7 Å². The molecule has 0 unspecified atom stereocenters. The van der Waals surface area contributed by atoms with Crippen LogP contribution in [0.1, 0.15) is 17.3 Å². The first-order valence-electron chi connectivity index (χ1n) is 10.6. The van der Waals surface area contributed by atoms with Crippen LogP contribution >= 0.6 is 0 Å². The third-order valence-corrected chi connectivity index (χ3v) is 5.56. The molecule has 0 aliphatic heterocycles. The number of alkyl halides is 2. The lowest BCUT2D eigenvalue weighted by molar-refractivity contribution is 0.101. The normalized spacial score (nSPS) is 11.4. The van der Waals surface area contributed by atoms with Gasteiger partial charge >= 0.3 is 0 Å². The summed E-state index contributed by atoms with van der Waals surface area (Å²) in [5, 5.41) is 9.27. The molecule has 0 fully saturated rings. The third-order valence-electron chi connectivity index (χ3n) is 5.56. The molecule has 0 aliphatic carbocycles. The van der Waals surface area contributed by atoms with E-state index in [4.69, 9.17) is 0 Å². The van der Waals surface area contributed by atoms with Gasteiger partial charge in [-0.1, -0.05) is 30.3 Å². The fourth-order valence-corrected chi connectivity index (χ4v) is 4.05. The highest BCUT2D eigenvalue weighted by molar-refractivity contribution is 6.07. The van der Waals surface area contributed by atoms with Gasteiger partial charge < -0.3 is 0 Å². The number of carbonyl (C=O) groups excluding carboxylic acids is 1. The van der Waals surface area contributed by atoms with Crippen LogP contribution in [0.15, 0.2) is 67.4 Å². The van der Waals surface area contributed by atoms with Gasteiger partial charge in [-0.05, 0) is 24.6 Å². The van der Waals surface area contributed by atoms with E-state index >= 15 is 0 Å². The summed E-state index contributed by atoms with van der Waals surface area (Å²) in [6.07, 6.45) is 3.97. The molecule has 0 saturated carbocycles. The van der Waals surface area contributed by atoms with Crippen LogP contribution in [0, 0.1) is 0 Å². The molecule has 5 aromatic rings. The molecule has 7 nitrogen and oxygen atoms in total. The highest BCUT2D eigenvalue weighted by atomic mass is 19.3. The van der Waals surface area contributed by atoms with E-state index in [0.29, 0.717) is 33.4 Å². The van der Waals surface area contributed by atoms with Crippen LogP contribution < -0.4 is 0 Å². The SMILES string of the molecule is CC(=O)c1cc2c(-c3cn(CC(F)F)nc3-c3ccccc3)ncnc2cc1-c1cnn(C)c1. The van der Waals surface area contributed by atoms with Gasteiger partial charge in [0.05, 0.1) is 17.4 Å². The van der Waals surface area contributed by atoms with E-state index in [1.54, 1.807) is 30.2 Å². The molecule has 0 saturated heterocycles. The zero-order chi connectivity index (χ0) is 23.8. The molecule has 34 heavy (non-hydrogen) atoms. The zero-order valence-electron chi connectivity index (χ0n) is 18.5. The number of ketones is 1. The molecular weight excluding hydrogens is 438 g/mol. The fraction of sp³-hybridized carbons (Fsp3) is 0.160. The number of benzene rings is 2. The van der Waals surface area contributed by atoms with Gasteiger partial charge in [0.25, 0.3) is 6.43 Å². The number of aryl methyl sites for hydroxylation is 1. The minimum atomic E-state index is -2.55. The monoisotopic (exact) mass is 458 g/mol. The number of fused-ring (bicyclic) bond motifs is 1. The van der Waals surface area contributed by atoms with Crippen molar-refractivity contribution in [3.8, 4) is 33.6 Å². The van der Waals surface area contributed by atoms with E-state index in [9.17, 15) is 13.6 Å². The third kappa shape index (κ3) is 3.96. The number of rotatable bonds is 6. The molecule has 170 valence electrons. The maximum Gasteiger partial charge on any atom is 0.257 e. The van der Waals surface area contributed by atoms with Crippen LogP contribution in [0.5, 0.6) is 0 Å². The molecule has 0 atom stereocenters. The predicted octanol–water partition coefficient (Wildman–Crippen LogP) is 5.03. The number of nitrogens with zero attached hydrogens (tertiary/aromatic N) is 6. The standard InChI is InChI=1S/C25H20F2N6O/c1-15(34)18-8-20-22(9-19(18)17-10-30-32(2)11-17)28-14-29-25(20)21-12-33(13-23(26)27)31-24(21)16-6-4-3-5-7-16/h3-12,14,23H,13H2,1-2H3. The first-order chi connectivity index (χ1) is 16.4. The molecule has 0 aliphatic rings. The quantitative estimate of drug-likeness (QED) is 0.334. The second-order valence-corrected chi connectivity index (χ2v) is 7.97. The summed E-state index contributed by atoms with van der Waals surface area (Å²) < 4.78 is 29.2. The zero-order valence-corrected chi connectivity index (χ0v) is 18.5. The number of hydrogen-bond donors (Lipinski definition) is 0. The Morgan fingerprint density at radius 3 is 2.47 bits per heavy atom. The average molecular weight is 458 g/mol. The van der Waals surface area contributed by atoms with E-state index in [2.05, 4.69) is 20.2 Å². The Balaban J connectivity index is 1.76. The Morgan fingerprint density at radius 1 is 1.00 bits per heavy atom. The van der Waals surface area contributed by atoms with Crippen molar-refractivity contribution in [2.75, 3.05) is 0 Å². The second kappa shape index (κ2) is 8.58. The first kappa shape index (κ1) is 21.6. The Morgan fingerprint density at radius 2 is 1.79 bits per heavy atom. The van der Waals surface area contributed by atoms with Crippen LogP contribution in [0.2, 0.25) is 0 Å². The summed E-state index contributed by atoms with van der Waals surface area (Å²) in [6, 6.07) is 12.9. The van der Waals surface area contributed by atoms with Gasteiger partial charge in [0.15, 0.2) is 5.78 Å². The van der Waals surface area contributed by atoms with Crippen LogP contribution in [0.25, 0.3) is 44.5 Å². The number of carbonyl (C=O) groups is 1. The number of Topliss-reactive ketones (excluding diaryl/α,β-unsaturated/α-hetero) is 1. The molecule has 2 aromatic carbocycles. The van der Waals surface area contributed by atoms with E-state index in [1.165, 1.54) is 17.9 Å². The molecule has 0 N–H and O–H groups in total. The molecule has 0 bridgehead atoms. The van der Waals surface area contributed by atoms with Gasteiger partial charge in [-0.2, -0.15) is 10.2 Å². The molecule has 3 heterocycles. The lowest BCUT2D eigenvalue weighted by atomic mass is 9.95. The second-order valence-electron chi connectivity index (χ2n) is 7.97. The predicted molar refractivity (Wildman–Crippen MR) is 124 cm³/mol. The number of hydrogen-bond acceptors (Lipinski definition) is 5. The maximum atomic E-state index is 13.1. The van der Waals surface area contributed by atoms with Gasteiger partial charge in [-0.15, -0.1) is 0 Å². The Hall–Kier alpha value is -4.27. The van der Waals surface area contributed by atoms with Gasteiger partial charge in [0.1, 0.15) is 18.6 Å². The Kier molecular flexibility index (Phi) is 5.45. The van der Waals surface area contributed by atoms with Gasteiger partial charge in [-0.25, -0.2) is 18.7 Å². The van der Waals surface area contributed by atoms with Crippen LogP contribution in [-0.4, -0.2) is 41.7 Å². The molecule has 0 spiro atoms. The van der Waals surface area contributed by atoms with Gasteiger partial charge in [-0.3, -0.25) is 14.2 Å². The summed E-state index contributed by atoms with van der Waals surface area (Å²) in [6.45, 7) is 0.966. The Bertz CT molecular complexity index is 1510. The maximum absolute atomic E-state index is 13.1. The lowest BCUT2D eigenvalue weighted by Gasteiger charge is -2.10. The molecular formula is C25H20F2N6O. The van der Waals surface area contributed by atoms with Crippen molar-refractivity contribution in [3.05, 3.63) is 72.9 Å². The molecule has 9 heteroatoms. The van der Waals surface area contributed by atoms with Crippen molar-refractivity contribution in [2.24, 2.45) is 7.05 Å². The average Bonchev–Trinajstić information content (AvgIpc) is 3.44. The minimum absolute atomic E-state index is 0.118. The van der Waals surface area contributed by atoms with Crippen molar-refractivity contribution in [3.63, 3.8) is 0 Å². The number of aromatic nitrogens is 6. The highest BCUT2D eigenvalue weighted by Crippen LogP contribution is 2.36. The summed E-state index contributed by atoms with van der Waals surface area (Å²) in [5.41, 5.74) is 5.04. The molecule has 5 rings (SSSR count). The lowest BCUT2D eigenvalue weighted by Crippen LogP contribution is -2.06. The van der Waals surface area contributed by atoms with E-state index in [1.807, 2.05) is 42.6 Å². The number of halogens is 2. The first-order valence-corrected chi connectivity index (χ1v) is 10.6. The topological polar surface area (TPSA) is 78.5 Å². The van der Waals surface area contributed by atoms with Crippen molar-refractivity contribution in [1.29, 1.82) is 0 Å². The van der Waals surface area contributed by atoms with E-state index < -0.39 is 13.0 Å². The fourth-order valence-electron chi connectivity index (χ4n) is 4.05. The van der Waals surface area contributed by atoms with Crippen LogP contribution in [-0.2, 0) is 13.6 Å². The van der Waals surface area contributed by atoms with Crippen molar-refractivity contribution < 1.29 is 13.6 Å². The van der Waals surface area contributed by atoms with Crippen LogP contribution in [0.4, 0.5) is 8.78 Å². The van der Waals surface area contributed by atoms with E-state index in [-0.39, 0.29) is 5.78 Å². The van der Waals surface area contributed by atoms with Crippen molar-refractivity contribution >= 4 is 16.7 Å². The summed E-state index contributed by atoms with van der Waals surface area (Å²) in [5.74, 6) is -0.118. The van der Waals surface area contributed by atoms with Crippen molar-refractivity contribution in [1.82, 2.24) is 29.5 Å². The molecule has 0 amide bonds. The van der Waals surface area contributed by atoms with Crippen LogP contribution in [0.3, 0.4) is 0 Å². The smallest absolute Gasteiger partial charge is 0.257 e. The highest BCUT2D eigenvalue weighted by Gasteiger charge is 2.21. The summed E-state index contributed by atoms with van der Waals surface area (Å²) in [4.78, 5) is 21.5. The minimum Gasteiger partial charge on any atom is -0.294 e. The Labute approximate surface area is 193 Å². The van der Waals surface area contributed by atoms with Gasteiger partial charge in [0, 0.05) is 47.1 Å². The summed E-state index contributed by atoms with van der Waals surface area (Å²) >= 11 is 0. The van der Waals surface area contributed by atoms with Crippen molar-refractivity contribution in [2.45, 2.75) is 19.9 Å². The van der Waals surface area contributed by atoms with Gasteiger partial charge in [0.2, 0.25) is 0 Å². The molecule has 0 radical (unpaired) electrons. The molecule has 3 aromatic heterocycles. The summed E-state index contributed by atoms with van der Waals surface area (Å²) in [7, 11) is 1.81. The largest absolute Gasteiger partial charge is 0.294 e.